The molecule has 1 unspecified atom stereocenters. The van der Waals surface area contributed by atoms with E-state index in [-0.39, 0.29) is 6.04 Å². The number of halogens is 1. The number of rotatable bonds is 7. The Morgan fingerprint density at radius 3 is 2.64 bits per heavy atom. The molecule has 0 bridgehead atoms. The zero-order chi connectivity index (χ0) is 19.6. The van der Waals surface area contributed by atoms with Crippen LogP contribution >= 0.6 is 11.6 Å². The summed E-state index contributed by atoms with van der Waals surface area (Å²) >= 11 is 5.84. The highest BCUT2D eigenvalue weighted by Gasteiger charge is 2.22. The Balaban J connectivity index is 1.53. The molecular weight excluding hydrogens is 374 g/mol. The summed E-state index contributed by atoms with van der Waals surface area (Å²) in [4.78, 5) is 10.9. The highest BCUT2D eigenvalue weighted by atomic mass is 35.5. The van der Waals surface area contributed by atoms with Crippen molar-refractivity contribution in [2.45, 2.75) is 12.5 Å². The second kappa shape index (κ2) is 11.0. The zero-order valence-electron chi connectivity index (χ0n) is 16.3. The van der Waals surface area contributed by atoms with Crippen LogP contribution in [0, 0.1) is 0 Å². The number of aromatic nitrogens is 1. The average molecular weight is 402 g/mol. The number of ether oxygens (including phenoxy) is 1. The molecule has 0 radical (unpaired) electrons. The van der Waals surface area contributed by atoms with Crippen LogP contribution in [0.5, 0.6) is 0 Å². The van der Waals surface area contributed by atoms with Crippen molar-refractivity contribution in [2.24, 2.45) is 4.99 Å². The highest BCUT2D eigenvalue weighted by molar-refractivity contribution is 6.29. The van der Waals surface area contributed by atoms with Gasteiger partial charge in [0.1, 0.15) is 5.15 Å². The SMILES string of the molecule is CN=C(NCCc1ccc(Cl)nc1)NCC(c1ccccc1)N1CCOCC1. The molecule has 2 N–H and O–H groups in total. The molecule has 2 heterocycles. The predicted octanol–water partition coefficient (Wildman–Crippen LogP) is 2.52. The summed E-state index contributed by atoms with van der Waals surface area (Å²) in [5.41, 5.74) is 2.45. The molecule has 0 saturated carbocycles. The molecule has 1 saturated heterocycles. The zero-order valence-corrected chi connectivity index (χ0v) is 17.0. The minimum atomic E-state index is 0.282. The van der Waals surface area contributed by atoms with Crippen LogP contribution in [0.25, 0.3) is 0 Å². The Kier molecular flexibility index (Phi) is 8.08. The van der Waals surface area contributed by atoms with Crippen LogP contribution in [-0.2, 0) is 11.2 Å². The van der Waals surface area contributed by atoms with Crippen LogP contribution in [-0.4, -0.2) is 62.3 Å². The Hall–Kier alpha value is -2.15. The highest BCUT2D eigenvalue weighted by Crippen LogP contribution is 2.21. The van der Waals surface area contributed by atoms with Crippen molar-refractivity contribution in [1.29, 1.82) is 0 Å². The van der Waals surface area contributed by atoms with E-state index in [4.69, 9.17) is 16.3 Å². The van der Waals surface area contributed by atoms with Gasteiger partial charge in [-0.25, -0.2) is 4.98 Å². The molecule has 0 spiro atoms. The van der Waals surface area contributed by atoms with Crippen molar-refractivity contribution in [3.63, 3.8) is 0 Å². The van der Waals surface area contributed by atoms with Gasteiger partial charge in [-0.05, 0) is 23.6 Å². The third-order valence-electron chi connectivity index (χ3n) is 4.85. The fraction of sp³-hybridized carbons (Fsp3) is 0.429. The fourth-order valence-corrected chi connectivity index (χ4v) is 3.43. The van der Waals surface area contributed by atoms with Gasteiger partial charge >= 0.3 is 0 Å². The number of pyridine rings is 1. The largest absolute Gasteiger partial charge is 0.379 e. The van der Waals surface area contributed by atoms with Crippen LogP contribution in [0.4, 0.5) is 0 Å². The lowest BCUT2D eigenvalue weighted by Crippen LogP contribution is -2.46. The Morgan fingerprint density at radius 1 is 1.18 bits per heavy atom. The molecule has 1 aromatic heterocycles. The maximum atomic E-state index is 5.84. The lowest BCUT2D eigenvalue weighted by molar-refractivity contribution is 0.0170. The molecule has 1 atom stereocenters. The standard InChI is InChI=1S/C21H28ClN5O/c1-23-21(24-10-9-17-7-8-20(22)25-15-17)26-16-19(18-5-3-2-4-6-18)27-11-13-28-14-12-27/h2-8,15,19H,9-14,16H2,1H3,(H2,23,24,26). The lowest BCUT2D eigenvalue weighted by Gasteiger charge is -2.35. The van der Waals surface area contributed by atoms with Crippen LogP contribution in [0.1, 0.15) is 17.2 Å². The Labute approximate surface area is 172 Å². The van der Waals surface area contributed by atoms with Gasteiger partial charge < -0.3 is 15.4 Å². The number of morpholine rings is 1. The predicted molar refractivity (Wildman–Crippen MR) is 114 cm³/mol. The van der Waals surface area contributed by atoms with Gasteiger partial charge in [0.15, 0.2) is 5.96 Å². The number of hydrogen-bond donors (Lipinski definition) is 2. The molecule has 2 aromatic rings. The first kappa shape index (κ1) is 20.6. The molecule has 1 aromatic carbocycles. The van der Waals surface area contributed by atoms with Crippen LogP contribution < -0.4 is 10.6 Å². The van der Waals surface area contributed by atoms with Gasteiger partial charge in [0, 0.05) is 39.4 Å². The van der Waals surface area contributed by atoms with E-state index in [1.54, 1.807) is 7.05 Å². The molecule has 3 rings (SSSR count). The molecule has 7 heteroatoms. The van der Waals surface area contributed by atoms with E-state index in [2.05, 4.69) is 55.8 Å². The van der Waals surface area contributed by atoms with Crippen LogP contribution in [0.2, 0.25) is 5.15 Å². The summed E-state index contributed by atoms with van der Waals surface area (Å²) in [5, 5.41) is 7.38. The van der Waals surface area contributed by atoms with Gasteiger partial charge in [0.05, 0.1) is 19.3 Å². The second-order valence-electron chi connectivity index (χ2n) is 6.69. The lowest BCUT2D eigenvalue weighted by atomic mass is 10.0. The number of guanidine groups is 1. The van der Waals surface area contributed by atoms with Gasteiger partial charge in [-0.3, -0.25) is 9.89 Å². The van der Waals surface area contributed by atoms with E-state index in [0.717, 1.165) is 57.3 Å². The number of aliphatic imine (C=N–C) groups is 1. The number of nitrogens with one attached hydrogen (secondary N) is 2. The summed E-state index contributed by atoms with van der Waals surface area (Å²) in [6.45, 7) is 5.01. The third kappa shape index (κ3) is 6.19. The normalized spacial score (nSPS) is 16.6. The Bertz CT molecular complexity index is 732. The first-order chi connectivity index (χ1) is 13.8. The average Bonchev–Trinajstić information content (AvgIpc) is 2.75. The van der Waals surface area contributed by atoms with E-state index in [1.807, 2.05) is 18.3 Å². The molecular formula is C21H28ClN5O. The minimum absolute atomic E-state index is 0.282. The maximum Gasteiger partial charge on any atom is 0.191 e. The van der Waals surface area contributed by atoms with Crippen molar-refractivity contribution in [2.75, 3.05) is 46.4 Å². The summed E-state index contributed by atoms with van der Waals surface area (Å²) < 4.78 is 5.52. The van der Waals surface area contributed by atoms with E-state index in [9.17, 15) is 0 Å². The summed E-state index contributed by atoms with van der Waals surface area (Å²) in [6, 6.07) is 14.7. The molecule has 150 valence electrons. The van der Waals surface area contributed by atoms with E-state index in [1.165, 1.54) is 5.56 Å². The Morgan fingerprint density at radius 2 is 1.96 bits per heavy atom. The van der Waals surface area contributed by atoms with Crippen LogP contribution in [0.15, 0.2) is 53.7 Å². The number of benzene rings is 1. The molecule has 1 aliphatic heterocycles. The number of nitrogens with zero attached hydrogens (tertiary/aromatic N) is 3. The second-order valence-corrected chi connectivity index (χ2v) is 7.08. The maximum absolute atomic E-state index is 5.84. The fourth-order valence-electron chi connectivity index (χ4n) is 3.32. The summed E-state index contributed by atoms with van der Waals surface area (Å²) in [5.74, 6) is 0.802. The topological polar surface area (TPSA) is 61.8 Å². The monoisotopic (exact) mass is 401 g/mol. The van der Waals surface area contributed by atoms with Crippen molar-refractivity contribution in [3.8, 4) is 0 Å². The molecule has 0 amide bonds. The summed E-state index contributed by atoms with van der Waals surface area (Å²) in [7, 11) is 1.80. The number of hydrogen-bond acceptors (Lipinski definition) is 4. The van der Waals surface area contributed by atoms with Crippen molar-refractivity contribution >= 4 is 17.6 Å². The van der Waals surface area contributed by atoms with E-state index >= 15 is 0 Å². The van der Waals surface area contributed by atoms with Crippen molar-refractivity contribution in [3.05, 3.63) is 64.9 Å². The minimum Gasteiger partial charge on any atom is -0.379 e. The first-order valence-corrected chi connectivity index (χ1v) is 10.1. The molecule has 0 aliphatic carbocycles. The first-order valence-electron chi connectivity index (χ1n) is 9.68. The van der Waals surface area contributed by atoms with Gasteiger partial charge in [-0.1, -0.05) is 48.0 Å². The van der Waals surface area contributed by atoms with Crippen LogP contribution in [0.3, 0.4) is 0 Å². The third-order valence-corrected chi connectivity index (χ3v) is 5.08. The molecule has 1 fully saturated rings. The summed E-state index contributed by atoms with van der Waals surface area (Å²) in [6.07, 6.45) is 2.67. The molecule has 28 heavy (non-hydrogen) atoms. The quantitative estimate of drug-likeness (QED) is 0.424. The smallest absolute Gasteiger partial charge is 0.191 e. The van der Waals surface area contributed by atoms with E-state index in [0.29, 0.717) is 5.15 Å². The van der Waals surface area contributed by atoms with Gasteiger partial charge in [-0.15, -0.1) is 0 Å². The van der Waals surface area contributed by atoms with E-state index < -0.39 is 0 Å². The van der Waals surface area contributed by atoms with Gasteiger partial charge in [-0.2, -0.15) is 0 Å². The van der Waals surface area contributed by atoms with Crippen molar-refractivity contribution < 1.29 is 4.74 Å². The van der Waals surface area contributed by atoms with Crippen molar-refractivity contribution in [1.82, 2.24) is 20.5 Å². The van der Waals surface area contributed by atoms with Gasteiger partial charge in [0.2, 0.25) is 0 Å². The molecule has 6 nitrogen and oxygen atoms in total. The van der Waals surface area contributed by atoms with Gasteiger partial charge in [0.25, 0.3) is 0 Å². The molecule has 1 aliphatic rings.